The maximum atomic E-state index is 11.8. The highest BCUT2D eigenvalue weighted by atomic mass is 79.9. The van der Waals surface area contributed by atoms with E-state index in [4.69, 9.17) is 0 Å². The maximum absolute atomic E-state index is 11.8. The van der Waals surface area contributed by atoms with Gasteiger partial charge in [-0.1, -0.05) is 28.1 Å². The van der Waals surface area contributed by atoms with Crippen molar-refractivity contribution in [2.45, 2.75) is 13.5 Å². The maximum Gasteiger partial charge on any atom is 0.251 e. The Bertz CT molecular complexity index is 862. The molecule has 0 aliphatic carbocycles. The van der Waals surface area contributed by atoms with Gasteiger partial charge < -0.3 is 10.6 Å². The van der Waals surface area contributed by atoms with Gasteiger partial charge in [0.2, 0.25) is 0 Å². The Morgan fingerprint density at radius 1 is 1.12 bits per heavy atom. The first-order valence-electron chi connectivity index (χ1n) is 7.82. The molecule has 0 spiro atoms. The van der Waals surface area contributed by atoms with Gasteiger partial charge in [-0.25, -0.2) is 0 Å². The molecule has 2 N–H and O–H groups in total. The monoisotopic (exact) mass is 383 g/mol. The van der Waals surface area contributed by atoms with Gasteiger partial charge in [0.25, 0.3) is 5.91 Å². The van der Waals surface area contributed by atoms with Gasteiger partial charge in [0.1, 0.15) is 0 Å². The molecule has 0 bridgehead atoms. The predicted molar refractivity (Wildman–Crippen MR) is 101 cm³/mol. The largest absolute Gasteiger partial charge is 0.380 e. The second-order valence-corrected chi connectivity index (χ2v) is 6.35. The Balaban J connectivity index is 1.73. The molecule has 0 aliphatic heterocycles. The molecule has 0 aliphatic rings. The first kappa shape index (κ1) is 16.5. The van der Waals surface area contributed by atoms with Crippen LogP contribution in [-0.4, -0.2) is 17.4 Å². The number of rotatable bonds is 5. The van der Waals surface area contributed by atoms with E-state index in [0.29, 0.717) is 18.7 Å². The van der Waals surface area contributed by atoms with Crippen molar-refractivity contribution < 1.29 is 4.79 Å². The van der Waals surface area contributed by atoms with E-state index in [-0.39, 0.29) is 5.91 Å². The van der Waals surface area contributed by atoms with Gasteiger partial charge >= 0.3 is 0 Å². The lowest BCUT2D eigenvalue weighted by Crippen LogP contribution is -2.22. The van der Waals surface area contributed by atoms with Crippen LogP contribution in [0.15, 0.2) is 59.2 Å². The van der Waals surface area contributed by atoms with E-state index in [9.17, 15) is 4.79 Å². The summed E-state index contributed by atoms with van der Waals surface area (Å²) in [5.41, 5.74) is 3.78. The second-order valence-electron chi connectivity index (χ2n) is 5.43. The Morgan fingerprint density at radius 3 is 2.67 bits per heavy atom. The molecule has 0 saturated carbocycles. The van der Waals surface area contributed by atoms with Crippen molar-refractivity contribution in [1.29, 1.82) is 0 Å². The molecular weight excluding hydrogens is 366 g/mol. The third-order valence-electron chi connectivity index (χ3n) is 3.74. The van der Waals surface area contributed by atoms with Crippen molar-refractivity contribution in [2.24, 2.45) is 0 Å². The summed E-state index contributed by atoms with van der Waals surface area (Å²) in [6.07, 6.45) is 1.80. The fraction of sp³-hybridized carbons (Fsp3) is 0.158. The van der Waals surface area contributed by atoms with Crippen LogP contribution in [0, 0.1) is 0 Å². The average molecular weight is 384 g/mol. The van der Waals surface area contributed by atoms with E-state index in [0.717, 1.165) is 26.6 Å². The van der Waals surface area contributed by atoms with Crippen LogP contribution in [0.3, 0.4) is 0 Å². The Morgan fingerprint density at radius 2 is 1.92 bits per heavy atom. The van der Waals surface area contributed by atoms with E-state index >= 15 is 0 Å². The third-order valence-corrected chi connectivity index (χ3v) is 4.23. The lowest BCUT2D eigenvalue weighted by Gasteiger charge is -2.10. The number of aromatic nitrogens is 1. The van der Waals surface area contributed by atoms with Crippen LogP contribution >= 0.6 is 15.9 Å². The van der Waals surface area contributed by atoms with Crippen LogP contribution in [0.4, 0.5) is 5.69 Å². The number of hydrogen-bond acceptors (Lipinski definition) is 3. The highest BCUT2D eigenvalue weighted by molar-refractivity contribution is 9.10. The normalized spacial score (nSPS) is 10.6. The van der Waals surface area contributed by atoms with E-state index in [1.54, 1.807) is 6.20 Å². The first-order valence-corrected chi connectivity index (χ1v) is 8.62. The van der Waals surface area contributed by atoms with Crippen LogP contribution in [0.5, 0.6) is 0 Å². The molecule has 0 fully saturated rings. The molecule has 0 unspecified atom stereocenters. The SMILES string of the molecule is CCNC(=O)c1ccc(CNc2ccnc3cc(Br)ccc23)cc1. The van der Waals surface area contributed by atoms with Gasteiger partial charge in [-0.2, -0.15) is 0 Å². The number of carbonyl (C=O) groups is 1. The summed E-state index contributed by atoms with van der Waals surface area (Å²) in [4.78, 5) is 16.2. The molecule has 3 aromatic rings. The minimum atomic E-state index is -0.0392. The number of hydrogen-bond donors (Lipinski definition) is 2. The molecule has 0 saturated heterocycles. The van der Waals surface area contributed by atoms with Crippen LogP contribution in [0.2, 0.25) is 0 Å². The van der Waals surface area contributed by atoms with Gasteiger partial charge in [-0.05, 0) is 48.9 Å². The molecule has 1 amide bonds. The van der Waals surface area contributed by atoms with Crippen molar-refractivity contribution in [2.75, 3.05) is 11.9 Å². The standard InChI is InChI=1S/C19H18BrN3O/c1-2-21-19(24)14-5-3-13(4-6-14)12-23-17-9-10-22-18-11-15(20)7-8-16(17)18/h3-11H,2,12H2,1H3,(H,21,24)(H,22,23). The van der Waals surface area contributed by atoms with Crippen molar-refractivity contribution >= 4 is 38.4 Å². The molecule has 122 valence electrons. The number of halogens is 1. The Kier molecular flexibility index (Phi) is 5.11. The molecule has 4 nitrogen and oxygen atoms in total. The second kappa shape index (κ2) is 7.45. The molecule has 0 radical (unpaired) electrons. The third kappa shape index (κ3) is 3.74. The molecule has 1 heterocycles. The number of nitrogens with one attached hydrogen (secondary N) is 2. The predicted octanol–water partition coefficient (Wildman–Crippen LogP) is 4.36. The Hall–Kier alpha value is -2.40. The zero-order valence-electron chi connectivity index (χ0n) is 13.3. The lowest BCUT2D eigenvalue weighted by molar-refractivity contribution is 0.0956. The summed E-state index contributed by atoms with van der Waals surface area (Å²) >= 11 is 3.47. The zero-order valence-corrected chi connectivity index (χ0v) is 14.9. The summed E-state index contributed by atoms with van der Waals surface area (Å²) in [6, 6.07) is 15.7. The van der Waals surface area contributed by atoms with Crippen LogP contribution in [0.1, 0.15) is 22.8 Å². The lowest BCUT2D eigenvalue weighted by atomic mass is 10.1. The van der Waals surface area contributed by atoms with Crippen LogP contribution in [0.25, 0.3) is 10.9 Å². The summed E-state index contributed by atoms with van der Waals surface area (Å²) in [5, 5.41) is 7.32. The van der Waals surface area contributed by atoms with E-state index < -0.39 is 0 Å². The summed E-state index contributed by atoms with van der Waals surface area (Å²) in [5.74, 6) is -0.0392. The molecule has 3 rings (SSSR count). The molecule has 24 heavy (non-hydrogen) atoms. The number of carbonyl (C=O) groups excluding carboxylic acids is 1. The molecule has 1 aromatic heterocycles. The number of pyridine rings is 1. The number of fused-ring (bicyclic) bond motifs is 1. The summed E-state index contributed by atoms with van der Waals surface area (Å²) in [6.45, 7) is 3.23. The van der Waals surface area contributed by atoms with Gasteiger partial charge in [0.05, 0.1) is 5.52 Å². The highest BCUT2D eigenvalue weighted by Crippen LogP contribution is 2.25. The fourth-order valence-corrected chi connectivity index (χ4v) is 2.86. The van der Waals surface area contributed by atoms with Gasteiger partial charge in [-0.15, -0.1) is 0 Å². The Labute approximate surface area is 149 Å². The first-order chi connectivity index (χ1) is 11.7. The highest BCUT2D eigenvalue weighted by Gasteiger charge is 2.05. The fourth-order valence-electron chi connectivity index (χ4n) is 2.51. The van der Waals surface area contributed by atoms with E-state index in [2.05, 4.69) is 31.5 Å². The van der Waals surface area contributed by atoms with Gasteiger partial charge in [0, 0.05) is 40.4 Å². The van der Waals surface area contributed by atoms with Gasteiger partial charge in [-0.3, -0.25) is 9.78 Å². The van der Waals surface area contributed by atoms with Gasteiger partial charge in [0.15, 0.2) is 0 Å². The van der Waals surface area contributed by atoms with Crippen molar-refractivity contribution in [3.05, 3.63) is 70.3 Å². The van der Waals surface area contributed by atoms with Crippen molar-refractivity contribution in [3.8, 4) is 0 Å². The number of anilines is 1. The minimum absolute atomic E-state index is 0.0392. The van der Waals surface area contributed by atoms with Crippen LogP contribution in [-0.2, 0) is 6.54 Å². The summed E-state index contributed by atoms with van der Waals surface area (Å²) < 4.78 is 1.01. The molecule has 0 atom stereocenters. The zero-order chi connectivity index (χ0) is 16.9. The smallest absolute Gasteiger partial charge is 0.251 e. The number of benzene rings is 2. The quantitative estimate of drug-likeness (QED) is 0.687. The topological polar surface area (TPSA) is 54.0 Å². The van der Waals surface area contributed by atoms with Crippen molar-refractivity contribution in [1.82, 2.24) is 10.3 Å². The minimum Gasteiger partial charge on any atom is -0.380 e. The van der Waals surface area contributed by atoms with Crippen LogP contribution < -0.4 is 10.6 Å². The summed E-state index contributed by atoms with van der Waals surface area (Å²) in [7, 11) is 0. The number of nitrogens with zero attached hydrogens (tertiary/aromatic N) is 1. The molecular formula is C19H18BrN3O. The number of amides is 1. The molecule has 5 heteroatoms. The van der Waals surface area contributed by atoms with E-state index in [1.165, 1.54) is 0 Å². The molecule has 2 aromatic carbocycles. The van der Waals surface area contributed by atoms with E-state index in [1.807, 2.05) is 55.5 Å². The average Bonchev–Trinajstić information content (AvgIpc) is 2.60. The van der Waals surface area contributed by atoms with Crippen molar-refractivity contribution in [3.63, 3.8) is 0 Å².